The van der Waals surface area contributed by atoms with Gasteiger partial charge in [-0.2, -0.15) is 13.2 Å². The molecular weight excluding hydrogens is 507 g/mol. The SMILES string of the molecule is CC[C@H](C)NC(=O)c1ccccc1NC(=O)CN(c1cccc(C(F)(F)F)c1)S(=O)(=O)c1ccccc1. The minimum absolute atomic E-state index is 0.122. The molecule has 37 heavy (non-hydrogen) atoms. The second-order valence-corrected chi connectivity index (χ2v) is 10.1. The van der Waals surface area contributed by atoms with Crippen molar-refractivity contribution in [3.63, 3.8) is 0 Å². The third-order valence-corrected chi connectivity index (χ3v) is 7.30. The summed E-state index contributed by atoms with van der Waals surface area (Å²) in [6, 6.07) is 16.8. The van der Waals surface area contributed by atoms with Crippen LogP contribution in [0, 0.1) is 0 Å². The van der Waals surface area contributed by atoms with E-state index in [-0.39, 0.29) is 27.9 Å². The van der Waals surface area contributed by atoms with E-state index in [0.29, 0.717) is 16.8 Å². The molecule has 0 aliphatic heterocycles. The van der Waals surface area contributed by atoms with Crippen LogP contribution in [0.3, 0.4) is 0 Å². The van der Waals surface area contributed by atoms with Crippen LogP contribution < -0.4 is 14.9 Å². The lowest BCUT2D eigenvalue weighted by Gasteiger charge is -2.25. The maximum Gasteiger partial charge on any atom is 0.416 e. The Balaban J connectivity index is 1.96. The highest BCUT2D eigenvalue weighted by atomic mass is 32.2. The van der Waals surface area contributed by atoms with Crippen LogP contribution in [0.25, 0.3) is 0 Å². The maximum atomic E-state index is 13.4. The van der Waals surface area contributed by atoms with Crippen LogP contribution in [0.15, 0.2) is 83.8 Å². The van der Waals surface area contributed by atoms with Gasteiger partial charge in [-0.25, -0.2) is 8.42 Å². The minimum atomic E-state index is -4.72. The molecular formula is C26H26F3N3O4S. The number of carbonyl (C=O) groups is 2. The highest BCUT2D eigenvalue weighted by Gasteiger charge is 2.33. The van der Waals surface area contributed by atoms with Crippen molar-refractivity contribution in [3.05, 3.63) is 90.0 Å². The fraction of sp³-hybridized carbons (Fsp3) is 0.231. The van der Waals surface area contributed by atoms with Crippen molar-refractivity contribution in [1.29, 1.82) is 0 Å². The van der Waals surface area contributed by atoms with Gasteiger partial charge in [-0.05, 0) is 55.8 Å². The summed E-state index contributed by atoms with van der Waals surface area (Å²) < 4.78 is 67.5. The van der Waals surface area contributed by atoms with Crippen LogP contribution in [0.4, 0.5) is 24.5 Å². The third kappa shape index (κ3) is 6.88. The number of nitrogens with one attached hydrogen (secondary N) is 2. The topological polar surface area (TPSA) is 95.6 Å². The minimum Gasteiger partial charge on any atom is -0.350 e. The quantitative estimate of drug-likeness (QED) is 0.402. The van der Waals surface area contributed by atoms with Gasteiger partial charge in [-0.15, -0.1) is 0 Å². The van der Waals surface area contributed by atoms with Crippen LogP contribution in [-0.4, -0.2) is 32.8 Å². The Morgan fingerprint density at radius 3 is 2.24 bits per heavy atom. The first-order valence-corrected chi connectivity index (χ1v) is 12.8. The molecule has 0 fully saturated rings. The smallest absolute Gasteiger partial charge is 0.350 e. The van der Waals surface area contributed by atoms with E-state index in [9.17, 15) is 31.2 Å². The first-order valence-electron chi connectivity index (χ1n) is 11.4. The molecule has 2 amide bonds. The average Bonchev–Trinajstić information content (AvgIpc) is 2.87. The second-order valence-electron chi connectivity index (χ2n) is 8.25. The number of rotatable bonds is 9. The van der Waals surface area contributed by atoms with E-state index in [0.717, 1.165) is 12.1 Å². The summed E-state index contributed by atoms with van der Waals surface area (Å²) in [7, 11) is -4.42. The Labute approximate surface area is 213 Å². The highest BCUT2D eigenvalue weighted by molar-refractivity contribution is 7.92. The predicted molar refractivity (Wildman–Crippen MR) is 135 cm³/mol. The molecule has 0 aliphatic carbocycles. The molecule has 2 N–H and O–H groups in total. The Morgan fingerprint density at radius 2 is 1.59 bits per heavy atom. The van der Waals surface area contributed by atoms with Crippen molar-refractivity contribution in [1.82, 2.24) is 5.32 Å². The lowest BCUT2D eigenvalue weighted by molar-refractivity contribution is -0.137. The number of alkyl halides is 3. The van der Waals surface area contributed by atoms with Crippen LogP contribution in [0.1, 0.15) is 36.2 Å². The number of hydrogen-bond acceptors (Lipinski definition) is 4. The van der Waals surface area contributed by atoms with Gasteiger partial charge in [0.25, 0.3) is 15.9 Å². The summed E-state index contributed by atoms with van der Waals surface area (Å²) >= 11 is 0. The van der Waals surface area contributed by atoms with Crippen LogP contribution in [-0.2, 0) is 21.0 Å². The standard InChI is InChI=1S/C26H26F3N3O4S/c1-3-18(2)30-25(34)22-14-7-8-15-23(22)31-24(33)17-32(37(35,36)21-12-5-4-6-13-21)20-11-9-10-19(16-20)26(27,28)29/h4-16,18H,3,17H2,1-2H3,(H,30,34)(H,31,33)/t18-/m0/s1. The zero-order valence-electron chi connectivity index (χ0n) is 20.1. The molecule has 0 heterocycles. The molecule has 0 spiro atoms. The average molecular weight is 534 g/mol. The monoisotopic (exact) mass is 533 g/mol. The molecule has 0 saturated heterocycles. The Hall–Kier alpha value is -3.86. The molecule has 0 bridgehead atoms. The molecule has 196 valence electrons. The number of amides is 2. The van der Waals surface area contributed by atoms with Crippen molar-refractivity contribution in [2.75, 3.05) is 16.2 Å². The number of sulfonamides is 1. The second kappa shape index (κ2) is 11.5. The summed E-state index contributed by atoms with van der Waals surface area (Å²) in [4.78, 5) is 25.5. The van der Waals surface area contributed by atoms with E-state index in [2.05, 4.69) is 10.6 Å². The van der Waals surface area contributed by atoms with Gasteiger partial charge in [0.2, 0.25) is 5.91 Å². The van der Waals surface area contributed by atoms with Gasteiger partial charge in [0, 0.05) is 6.04 Å². The molecule has 0 aromatic heterocycles. The molecule has 7 nitrogen and oxygen atoms in total. The van der Waals surface area contributed by atoms with E-state index < -0.39 is 40.1 Å². The summed E-state index contributed by atoms with van der Waals surface area (Å²) in [6.07, 6.45) is -4.04. The lowest BCUT2D eigenvalue weighted by Crippen LogP contribution is -2.38. The Bertz CT molecular complexity index is 1360. The van der Waals surface area contributed by atoms with E-state index in [1.165, 1.54) is 42.5 Å². The van der Waals surface area contributed by atoms with Crippen molar-refractivity contribution in [3.8, 4) is 0 Å². The number of para-hydroxylation sites is 1. The highest BCUT2D eigenvalue weighted by Crippen LogP contribution is 2.33. The van der Waals surface area contributed by atoms with Crippen molar-refractivity contribution >= 4 is 33.2 Å². The summed E-state index contributed by atoms with van der Waals surface area (Å²) in [5, 5.41) is 5.31. The zero-order chi connectivity index (χ0) is 27.2. The molecule has 3 rings (SSSR count). The van der Waals surface area contributed by atoms with Gasteiger partial charge in [0.1, 0.15) is 6.54 Å². The summed E-state index contributed by atoms with van der Waals surface area (Å²) in [6.45, 7) is 2.88. The fourth-order valence-corrected chi connectivity index (χ4v) is 4.82. The number of carbonyl (C=O) groups excluding carboxylic acids is 2. The Kier molecular flexibility index (Phi) is 8.59. The van der Waals surface area contributed by atoms with Gasteiger partial charge < -0.3 is 10.6 Å². The number of hydrogen-bond donors (Lipinski definition) is 2. The number of anilines is 2. The van der Waals surface area contributed by atoms with Gasteiger partial charge in [0.15, 0.2) is 0 Å². The van der Waals surface area contributed by atoms with Crippen molar-refractivity contribution in [2.24, 2.45) is 0 Å². The normalized spacial score (nSPS) is 12.5. The lowest BCUT2D eigenvalue weighted by atomic mass is 10.1. The molecule has 3 aromatic carbocycles. The molecule has 3 aromatic rings. The van der Waals surface area contributed by atoms with Gasteiger partial charge in [0.05, 0.1) is 27.4 Å². The van der Waals surface area contributed by atoms with Crippen LogP contribution >= 0.6 is 0 Å². The van der Waals surface area contributed by atoms with Gasteiger partial charge in [-0.3, -0.25) is 13.9 Å². The summed E-state index contributed by atoms with van der Waals surface area (Å²) in [5.41, 5.74) is -1.11. The van der Waals surface area contributed by atoms with Gasteiger partial charge >= 0.3 is 6.18 Å². The molecule has 0 unspecified atom stereocenters. The molecule has 0 saturated carbocycles. The van der Waals surface area contributed by atoms with E-state index in [1.807, 2.05) is 13.8 Å². The third-order valence-electron chi connectivity index (χ3n) is 5.52. The number of nitrogens with zero attached hydrogens (tertiary/aromatic N) is 1. The Morgan fingerprint density at radius 1 is 0.946 bits per heavy atom. The van der Waals surface area contributed by atoms with Crippen LogP contribution in [0.5, 0.6) is 0 Å². The fourth-order valence-electron chi connectivity index (χ4n) is 3.39. The zero-order valence-corrected chi connectivity index (χ0v) is 20.9. The van der Waals surface area contributed by atoms with Crippen molar-refractivity contribution in [2.45, 2.75) is 37.4 Å². The predicted octanol–water partition coefficient (Wildman–Crippen LogP) is 5.07. The molecule has 11 heteroatoms. The van der Waals surface area contributed by atoms with E-state index in [4.69, 9.17) is 0 Å². The van der Waals surface area contributed by atoms with Crippen molar-refractivity contribution < 1.29 is 31.2 Å². The molecule has 0 radical (unpaired) electrons. The first-order chi connectivity index (χ1) is 17.4. The molecule has 0 aliphatic rings. The largest absolute Gasteiger partial charge is 0.416 e. The van der Waals surface area contributed by atoms with Crippen LogP contribution in [0.2, 0.25) is 0 Å². The maximum absolute atomic E-state index is 13.4. The number of benzene rings is 3. The van der Waals surface area contributed by atoms with E-state index >= 15 is 0 Å². The summed E-state index contributed by atoms with van der Waals surface area (Å²) in [5.74, 6) is -1.28. The van der Waals surface area contributed by atoms with Gasteiger partial charge in [-0.1, -0.05) is 43.3 Å². The molecule has 1 atom stereocenters. The van der Waals surface area contributed by atoms with E-state index in [1.54, 1.807) is 18.2 Å². The first kappa shape index (κ1) is 27.7. The number of halogens is 3.